The second-order valence-electron chi connectivity index (χ2n) is 5.53. The summed E-state index contributed by atoms with van der Waals surface area (Å²) in [6, 6.07) is 1.14. The molecule has 1 amide bonds. The van der Waals surface area contributed by atoms with E-state index >= 15 is 0 Å². The van der Waals surface area contributed by atoms with Crippen molar-refractivity contribution in [1.29, 1.82) is 0 Å². The fourth-order valence-electron chi connectivity index (χ4n) is 2.66. The lowest BCUT2D eigenvalue weighted by molar-refractivity contribution is -0.132. The molecule has 0 aromatic carbocycles. The van der Waals surface area contributed by atoms with E-state index in [1.165, 1.54) is 38.5 Å². The number of amides is 1. The van der Waals surface area contributed by atoms with Crippen LogP contribution in [0.3, 0.4) is 0 Å². The molecule has 2 rings (SSSR count). The molecule has 1 aliphatic heterocycles. The van der Waals surface area contributed by atoms with E-state index in [0.717, 1.165) is 25.9 Å². The maximum absolute atomic E-state index is 12.2. The number of rotatable bonds is 7. The summed E-state index contributed by atoms with van der Waals surface area (Å²) in [7, 11) is 0. The van der Waals surface area contributed by atoms with E-state index in [1.54, 1.807) is 0 Å². The Balaban J connectivity index is 1.76. The third-order valence-corrected chi connectivity index (χ3v) is 3.88. The zero-order valence-electron chi connectivity index (χ0n) is 11.1. The first kappa shape index (κ1) is 12.9. The second kappa shape index (κ2) is 6.39. The highest BCUT2D eigenvalue weighted by atomic mass is 16.2. The van der Waals surface area contributed by atoms with Gasteiger partial charge in [-0.25, -0.2) is 0 Å². The zero-order valence-corrected chi connectivity index (χ0v) is 11.1. The van der Waals surface area contributed by atoms with Crippen LogP contribution in [0.2, 0.25) is 0 Å². The highest BCUT2D eigenvalue weighted by molar-refractivity contribution is 5.76. The predicted molar refractivity (Wildman–Crippen MR) is 69.9 cm³/mol. The average Bonchev–Trinajstić information content (AvgIpc) is 3.03. The average molecular weight is 238 g/mol. The molecular formula is C14H26N2O. The minimum atomic E-state index is 0.398. The minimum Gasteiger partial charge on any atom is -0.338 e. The number of nitrogens with zero attached hydrogens (tertiary/aromatic N) is 1. The van der Waals surface area contributed by atoms with Gasteiger partial charge in [0.05, 0.1) is 0 Å². The SMILES string of the molecule is CCCCCC(=O)N(CC1CCCN1)C1CC1. The molecule has 0 bridgehead atoms. The van der Waals surface area contributed by atoms with Gasteiger partial charge in [-0.1, -0.05) is 19.8 Å². The molecule has 2 aliphatic rings. The van der Waals surface area contributed by atoms with Crippen LogP contribution in [-0.4, -0.2) is 36.0 Å². The standard InChI is InChI=1S/C14H26N2O/c1-2-3-4-7-14(17)16(13-8-9-13)11-12-6-5-10-15-12/h12-13,15H,2-11H2,1H3. The Morgan fingerprint density at radius 3 is 2.71 bits per heavy atom. The number of hydrogen-bond donors (Lipinski definition) is 1. The van der Waals surface area contributed by atoms with E-state index in [4.69, 9.17) is 0 Å². The van der Waals surface area contributed by atoms with Crippen molar-refractivity contribution in [3.05, 3.63) is 0 Å². The Hall–Kier alpha value is -0.570. The largest absolute Gasteiger partial charge is 0.338 e. The summed E-state index contributed by atoms with van der Waals surface area (Å²) in [6.45, 7) is 4.27. The van der Waals surface area contributed by atoms with E-state index in [9.17, 15) is 4.79 Å². The van der Waals surface area contributed by atoms with E-state index in [1.807, 2.05) is 0 Å². The maximum atomic E-state index is 12.2. The molecular weight excluding hydrogens is 212 g/mol. The van der Waals surface area contributed by atoms with Crippen molar-refractivity contribution in [2.24, 2.45) is 0 Å². The number of unbranched alkanes of at least 4 members (excludes halogenated alkanes) is 2. The molecule has 1 atom stereocenters. The molecule has 0 aromatic rings. The van der Waals surface area contributed by atoms with Crippen molar-refractivity contribution < 1.29 is 4.79 Å². The van der Waals surface area contributed by atoms with Crippen molar-refractivity contribution in [3.8, 4) is 0 Å². The van der Waals surface area contributed by atoms with E-state index in [2.05, 4.69) is 17.1 Å². The molecule has 1 N–H and O–H groups in total. The maximum Gasteiger partial charge on any atom is 0.222 e. The van der Waals surface area contributed by atoms with Crippen LogP contribution in [0.4, 0.5) is 0 Å². The van der Waals surface area contributed by atoms with Gasteiger partial charge in [0.25, 0.3) is 0 Å². The topological polar surface area (TPSA) is 32.3 Å². The quantitative estimate of drug-likeness (QED) is 0.690. The lowest BCUT2D eigenvalue weighted by Crippen LogP contribution is -2.42. The van der Waals surface area contributed by atoms with Gasteiger partial charge in [-0.15, -0.1) is 0 Å². The molecule has 1 saturated heterocycles. The molecule has 98 valence electrons. The van der Waals surface area contributed by atoms with Crippen molar-refractivity contribution in [3.63, 3.8) is 0 Å². The lowest BCUT2D eigenvalue weighted by atomic mass is 10.1. The van der Waals surface area contributed by atoms with Crippen LogP contribution >= 0.6 is 0 Å². The highest BCUT2D eigenvalue weighted by Gasteiger charge is 2.33. The third-order valence-electron chi connectivity index (χ3n) is 3.88. The van der Waals surface area contributed by atoms with Crippen LogP contribution in [-0.2, 0) is 4.79 Å². The summed E-state index contributed by atoms with van der Waals surface area (Å²) >= 11 is 0. The van der Waals surface area contributed by atoms with Crippen molar-refractivity contribution in [2.75, 3.05) is 13.1 Å². The summed E-state index contributed by atoms with van der Waals surface area (Å²) < 4.78 is 0. The van der Waals surface area contributed by atoms with Gasteiger partial charge in [0.15, 0.2) is 0 Å². The Kier molecular flexibility index (Phi) is 4.84. The monoisotopic (exact) mass is 238 g/mol. The van der Waals surface area contributed by atoms with Gasteiger partial charge in [-0.2, -0.15) is 0 Å². The molecule has 0 spiro atoms. The fourth-order valence-corrected chi connectivity index (χ4v) is 2.66. The molecule has 0 radical (unpaired) electrons. The van der Waals surface area contributed by atoms with Crippen LogP contribution in [0.15, 0.2) is 0 Å². The first-order chi connectivity index (χ1) is 8.31. The van der Waals surface area contributed by atoms with Gasteiger partial charge in [0, 0.05) is 25.0 Å². The van der Waals surface area contributed by atoms with Crippen LogP contribution < -0.4 is 5.32 Å². The second-order valence-corrected chi connectivity index (χ2v) is 5.53. The summed E-state index contributed by atoms with van der Waals surface area (Å²) in [5.41, 5.74) is 0. The van der Waals surface area contributed by atoms with Crippen LogP contribution in [0.5, 0.6) is 0 Å². The summed E-state index contributed by atoms with van der Waals surface area (Å²) in [6.07, 6.45) is 9.18. The highest BCUT2D eigenvalue weighted by Crippen LogP contribution is 2.28. The summed E-state index contributed by atoms with van der Waals surface area (Å²) in [5, 5.41) is 3.50. The Bertz CT molecular complexity index is 245. The van der Waals surface area contributed by atoms with E-state index in [-0.39, 0.29) is 0 Å². The van der Waals surface area contributed by atoms with Gasteiger partial charge < -0.3 is 10.2 Å². The van der Waals surface area contributed by atoms with Gasteiger partial charge in [0.2, 0.25) is 5.91 Å². The van der Waals surface area contributed by atoms with Gasteiger partial charge >= 0.3 is 0 Å². The van der Waals surface area contributed by atoms with Crippen molar-refractivity contribution in [1.82, 2.24) is 10.2 Å². The van der Waals surface area contributed by atoms with Crippen molar-refractivity contribution >= 4 is 5.91 Å². The normalized spacial score (nSPS) is 23.9. The molecule has 1 unspecified atom stereocenters. The minimum absolute atomic E-state index is 0.398. The zero-order chi connectivity index (χ0) is 12.1. The Morgan fingerprint density at radius 1 is 1.29 bits per heavy atom. The van der Waals surface area contributed by atoms with E-state index < -0.39 is 0 Å². The van der Waals surface area contributed by atoms with Gasteiger partial charge in [0.1, 0.15) is 0 Å². The van der Waals surface area contributed by atoms with Gasteiger partial charge in [-0.05, 0) is 38.6 Å². The molecule has 3 heteroatoms. The molecule has 1 saturated carbocycles. The summed E-state index contributed by atoms with van der Waals surface area (Å²) in [4.78, 5) is 14.4. The lowest BCUT2D eigenvalue weighted by Gasteiger charge is -2.26. The predicted octanol–water partition coefficient (Wildman–Crippen LogP) is 2.31. The molecule has 2 fully saturated rings. The van der Waals surface area contributed by atoms with Crippen LogP contribution in [0.1, 0.15) is 58.3 Å². The van der Waals surface area contributed by atoms with Crippen LogP contribution in [0, 0.1) is 0 Å². The Morgan fingerprint density at radius 2 is 2.12 bits per heavy atom. The van der Waals surface area contributed by atoms with Crippen LogP contribution in [0.25, 0.3) is 0 Å². The molecule has 3 nitrogen and oxygen atoms in total. The number of carbonyl (C=O) groups excluding carboxylic acids is 1. The smallest absolute Gasteiger partial charge is 0.222 e. The van der Waals surface area contributed by atoms with Gasteiger partial charge in [-0.3, -0.25) is 4.79 Å². The first-order valence-electron chi connectivity index (χ1n) is 7.34. The summed E-state index contributed by atoms with van der Waals surface area (Å²) in [5.74, 6) is 0.398. The number of nitrogens with one attached hydrogen (secondary N) is 1. The molecule has 0 aromatic heterocycles. The first-order valence-corrected chi connectivity index (χ1v) is 7.34. The fraction of sp³-hybridized carbons (Fsp3) is 0.929. The van der Waals surface area contributed by atoms with E-state index in [0.29, 0.717) is 18.0 Å². The van der Waals surface area contributed by atoms with Crippen molar-refractivity contribution in [2.45, 2.75) is 70.4 Å². The molecule has 1 aliphatic carbocycles. The Labute approximate surface area is 105 Å². The molecule has 17 heavy (non-hydrogen) atoms. The third kappa shape index (κ3) is 3.98. The number of hydrogen-bond acceptors (Lipinski definition) is 2. The molecule has 1 heterocycles. The number of carbonyl (C=O) groups is 1.